The summed E-state index contributed by atoms with van der Waals surface area (Å²) in [5.74, 6) is -4.60. The van der Waals surface area contributed by atoms with Gasteiger partial charge in [-0.1, -0.05) is 30.1 Å². The molecule has 3 rings (SSSR count). The Morgan fingerprint density at radius 2 is 2.03 bits per heavy atom. The van der Waals surface area contributed by atoms with Gasteiger partial charge in [0.05, 0.1) is 22.3 Å². The molecule has 1 N–H and O–H groups in total. The van der Waals surface area contributed by atoms with Gasteiger partial charge in [-0.2, -0.15) is 17.9 Å². The summed E-state index contributed by atoms with van der Waals surface area (Å²) in [5.41, 5.74) is 0.323. The van der Waals surface area contributed by atoms with Gasteiger partial charge in [0.1, 0.15) is 10.9 Å². The molecule has 0 amide bonds. The lowest BCUT2D eigenvalue weighted by Gasteiger charge is -2.31. The number of likely N-dealkylation sites (tertiary alicyclic amines) is 1. The highest BCUT2D eigenvalue weighted by atomic mass is 35.5. The number of benzene rings is 1. The molecule has 7 nitrogen and oxygen atoms in total. The van der Waals surface area contributed by atoms with Crippen molar-refractivity contribution >= 4 is 50.5 Å². The number of rotatable bonds is 8. The molecule has 2 heterocycles. The second kappa shape index (κ2) is 11.0. The molecular formula is C20H20Cl2F5N3O4S2. The number of aromatic nitrogens is 1. The third-order valence-electron chi connectivity index (χ3n) is 5.17. The molecule has 200 valence electrons. The number of carbonyl (C=O) groups excluding carboxylic acids is 1. The van der Waals surface area contributed by atoms with Crippen LogP contribution in [0.3, 0.4) is 0 Å². The zero-order valence-electron chi connectivity index (χ0n) is 18.5. The van der Waals surface area contributed by atoms with E-state index in [4.69, 9.17) is 27.9 Å². The molecule has 36 heavy (non-hydrogen) atoms. The van der Waals surface area contributed by atoms with Gasteiger partial charge in [-0.25, -0.2) is 27.0 Å². The van der Waals surface area contributed by atoms with Gasteiger partial charge in [-0.3, -0.25) is 4.90 Å². The molecule has 0 aliphatic carbocycles. The lowest BCUT2D eigenvalue weighted by Crippen LogP contribution is -2.45. The number of ether oxygens (including phenoxy) is 1. The number of hydrogen-bond donors (Lipinski definition) is 1. The third-order valence-corrected chi connectivity index (χ3v) is 8.49. The first-order valence-corrected chi connectivity index (χ1v) is 13.6. The van der Waals surface area contributed by atoms with Crippen molar-refractivity contribution in [3.05, 3.63) is 38.3 Å². The van der Waals surface area contributed by atoms with Crippen LogP contribution < -0.4 is 9.46 Å². The van der Waals surface area contributed by atoms with Crippen LogP contribution in [0.1, 0.15) is 41.7 Å². The first-order valence-electron chi connectivity index (χ1n) is 10.5. The predicted molar refractivity (Wildman–Crippen MR) is 123 cm³/mol. The summed E-state index contributed by atoms with van der Waals surface area (Å²) in [7, 11) is -4.95. The summed E-state index contributed by atoms with van der Waals surface area (Å²) in [6, 6.07) is -0.347. The van der Waals surface area contributed by atoms with Crippen LogP contribution in [0.4, 0.5) is 22.0 Å². The molecule has 1 aromatic carbocycles. The SMILES string of the molecule is CCC(NS(=O)(=O)c1c(OC(=O)c2nc(CN3CCCC(F)(F)C3)cs2)ccc(Cl)c1Cl)C(F)(F)F. The minimum atomic E-state index is -4.95. The molecule has 1 aromatic heterocycles. The van der Waals surface area contributed by atoms with E-state index in [-0.39, 0.29) is 23.0 Å². The number of nitrogens with one attached hydrogen (secondary N) is 1. The van der Waals surface area contributed by atoms with E-state index in [0.717, 1.165) is 30.4 Å². The van der Waals surface area contributed by atoms with Crippen LogP contribution in [0.15, 0.2) is 22.4 Å². The number of piperidine rings is 1. The van der Waals surface area contributed by atoms with E-state index in [1.165, 1.54) is 15.0 Å². The Kier molecular flexibility index (Phi) is 8.88. The van der Waals surface area contributed by atoms with E-state index >= 15 is 0 Å². The number of thiazole rings is 1. The third kappa shape index (κ3) is 7.04. The summed E-state index contributed by atoms with van der Waals surface area (Å²) >= 11 is 12.7. The standard InChI is InChI=1S/C20H20Cl2F5N3O4S2/c1-2-14(20(25,26)27)29-36(32,33)16-13(5-4-12(21)15(16)22)34-18(31)17-28-11(9-35-17)8-30-7-3-6-19(23,24)10-30/h4-5,9,14,29H,2-3,6-8,10H2,1H3. The highest BCUT2D eigenvalue weighted by Crippen LogP contribution is 2.38. The number of esters is 1. The molecule has 0 bridgehead atoms. The summed E-state index contributed by atoms with van der Waals surface area (Å²) < 4.78 is 99.0. The summed E-state index contributed by atoms with van der Waals surface area (Å²) in [5, 5.41) is 0.300. The monoisotopic (exact) mass is 595 g/mol. The Balaban J connectivity index is 1.82. The highest BCUT2D eigenvalue weighted by Gasteiger charge is 2.42. The highest BCUT2D eigenvalue weighted by molar-refractivity contribution is 7.89. The molecule has 1 aliphatic rings. The Morgan fingerprint density at radius 1 is 1.33 bits per heavy atom. The average molecular weight is 596 g/mol. The van der Waals surface area contributed by atoms with E-state index < -0.39 is 62.8 Å². The van der Waals surface area contributed by atoms with Crippen molar-refractivity contribution in [1.29, 1.82) is 0 Å². The Morgan fingerprint density at radius 3 is 2.64 bits per heavy atom. The van der Waals surface area contributed by atoms with Crippen molar-refractivity contribution in [2.45, 2.75) is 55.8 Å². The Bertz CT molecular complexity index is 1220. The number of nitrogens with zero attached hydrogens (tertiary/aromatic N) is 2. The smallest absolute Gasteiger partial charge is 0.404 e. The van der Waals surface area contributed by atoms with Gasteiger partial charge in [-0.05, 0) is 31.5 Å². The quantitative estimate of drug-likeness (QED) is 0.246. The van der Waals surface area contributed by atoms with Gasteiger partial charge in [0.15, 0.2) is 5.75 Å². The molecule has 0 radical (unpaired) electrons. The van der Waals surface area contributed by atoms with Crippen molar-refractivity contribution in [3.8, 4) is 5.75 Å². The number of carbonyl (C=O) groups is 1. The number of hydrogen-bond acceptors (Lipinski definition) is 7. The second-order valence-corrected chi connectivity index (χ2v) is 11.3. The Hall–Kier alpha value is -1.58. The number of sulfonamides is 1. The molecule has 16 heteroatoms. The van der Waals surface area contributed by atoms with Crippen molar-refractivity contribution < 1.29 is 39.9 Å². The number of halogens is 7. The van der Waals surface area contributed by atoms with E-state index in [0.29, 0.717) is 18.7 Å². The van der Waals surface area contributed by atoms with E-state index in [1.54, 1.807) is 0 Å². The minimum absolute atomic E-state index is 0.0611. The first kappa shape index (κ1) is 29.0. The Labute approximate surface area is 217 Å². The van der Waals surface area contributed by atoms with Crippen LogP contribution >= 0.6 is 34.5 Å². The molecule has 1 fully saturated rings. The summed E-state index contributed by atoms with van der Waals surface area (Å²) in [6.07, 6.45) is -5.40. The topological polar surface area (TPSA) is 88.6 Å². The van der Waals surface area contributed by atoms with Crippen LogP contribution in [-0.4, -0.2) is 55.5 Å². The molecule has 1 unspecified atom stereocenters. The van der Waals surface area contributed by atoms with Gasteiger partial charge >= 0.3 is 12.1 Å². The van der Waals surface area contributed by atoms with Crippen LogP contribution in [0, 0.1) is 0 Å². The lowest BCUT2D eigenvalue weighted by atomic mass is 10.1. The van der Waals surface area contributed by atoms with Gasteiger partial charge in [0.25, 0.3) is 5.92 Å². The molecule has 1 aliphatic heterocycles. The van der Waals surface area contributed by atoms with Gasteiger partial charge in [0.2, 0.25) is 15.0 Å². The van der Waals surface area contributed by atoms with E-state index in [1.807, 2.05) is 0 Å². The normalized spacial score (nSPS) is 17.7. The summed E-state index contributed by atoms with van der Waals surface area (Å²) in [4.78, 5) is 17.3. The van der Waals surface area contributed by atoms with Gasteiger partial charge in [0, 0.05) is 18.3 Å². The largest absolute Gasteiger partial charge is 0.420 e. The first-order chi connectivity index (χ1) is 16.6. The fourth-order valence-corrected chi connectivity index (χ4v) is 6.37. The molecule has 0 saturated carbocycles. The summed E-state index contributed by atoms with van der Waals surface area (Å²) in [6.45, 7) is 1.18. The molecular weight excluding hydrogens is 576 g/mol. The fourth-order valence-electron chi connectivity index (χ4n) is 3.50. The average Bonchev–Trinajstić information content (AvgIpc) is 3.21. The van der Waals surface area contributed by atoms with Crippen molar-refractivity contribution in [3.63, 3.8) is 0 Å². The van der Waals surface area contributed by atoms with Crippen LogP contribution in [0.25, 0.3) is 0 Å². The maximum absolute atomic E-state index is 13.6. The predicted octanol–water partition coefficient (Wildman–Crippen LogP) is 5.52. The second-order valence-electron chi connectivity index (χ2n) is 8.02. The molecule has 0 spiro atoms. The maximum Gasteiger partial charge on any atom is 0.404 e. The molecule has 1 saturated heterocycles. The van der Waals surface area contributed by atoms with E-state index in [2.05, 4.69) is 4.98 Å². The van der Waals surface area contributed by atoms with Crippen LogP contribution in [0.2, 0.25) is 10.0 Å². The van der Waals surface area contributed by atoms with Crippen LogP contribution in [-0.2, 0) is 16.6 Å². The van der Waals surface area contributed by atoms with Crippen molar-refractivity contribution in [2.24, 2.45) is 0 Å². The molecule has 1 atom stereocenters. The van der Waals surface area contributed by atoms with Crippen molar-refractivity contribution in [1.82, 2.24) is 14.6 Å². The van der Waals surface area contributed by atoms with Crippen LogP contribution in [0.5, 0.6) is 5.75 Å². The van der Waals surface area contributed by atoms with E-state index in [9.17, 15) is 35.2 Å². The molecule has 2 aromatic rings. The minimum Gasteiger partial charge on any atom is -0.420 e. The maximum atomic E-state index is 13.6. The zero-order valence-corrected chi connectivity index (χ0v) is 21.7. The van der Waals surface area contributed by atoms with Gasteiger partial charge < -0.3 is 4.74 Å². The zero-order chi connectivity index (χ0) is 26.9. The van der Waals surface area contributed by atoms with Gasteiger partial charge in [-0.15, -0.1) is 11.3 Å². The fraction of sp³-hybridized carbons (Fsp3) is 0.500. The lowest BCUT2D eigenvalue weighted by molar-refractivity contribution is -0.151. The van der Waals surface area contributed by atoms with Crippen molar-refractivity contribution in [2.75, 3.05) is 13.1 Å². The number of alkyl halides is 5.